The lowest BCUT2D eigenvalue weighted by molar-refractivity contribution is -0.00222. The summed E-state index contributed by atoms with van der Waals surface area (Å²) in [6.45, 7) is 3.73. The fourth-order valence-electron chi connectivity index (χ4n) is 1.91. The molecular formula is C11H14BrClN2O. The molecule has 0 aliphatic carbocycles. The van der Waals surface area contributed by atoms with E-state index in [-0.39, 0.29) is 12.2 Å². The maximum Gasteiger partial charge on any atom is 0.147 e. The average molecular weight is 306 g/mol. The van der Waals surface area contributed by atoms with E-state index in [0.717, 1.165) is 24.2 Å². The van der Waals surface area contributed by atoms with Crippen LogP contribution in [-0.4, -0.2) is 35.6 Å². The first-order chi connectivity index (χ1) is 7.70. The van der Waals surface area contributed by atoms with Gasteiger partial charge in [0.25, 0.3) is 0 Å². The largest absolute Gasteiger partial charge is 0.371 e. The van der Waals surface area contributed by atoms with Gasteiger partial charge in [0.2, 0.25) is 0 Å². The number of nitrogens with zero attached hydrogens (tertiary/aromatic N) is 2. The van der Waals surface area contributed by atoms with Crippen molar-refractivity contribution in [3.05, 3.63) is 23.4 Å². The standard InChI is InChI=1S/C11H14BrClN2O/c1-8-6-15(7-9(5-12)16-8)11-10(13)3-2-4-14-11/h2-4,8-9H,5-7H2,1H3. The fraction of sp³-hybridized carbons (Fsp3) is 0.545. The highest BCUT2D eigenvalue weighted by Crippen LogP contribution is 2.25. The Morgan fingerprint density at radius 2 is 2.44 bits per heavy atom. The summed E-state index contributed by atoms with van der Waals surface area (Å²) in [5.74, 6) is 0.852. The van der Waals surface area contributed by atoms with Crippen molar-refractivity contribution < 1.29 is 4.74 Å². The minimum absolute atomic E-state index is 0.196. The molecule has 0 saturated carbocycles. The second-order valence-electron chi connectivity index (χ2n) is 3.94. The van der Waals surface area contributed by atoms with Crippen molar-refractivity contribution in [3.8, 4) is 0 Å². The monoisotopic (exact) mass is 304 g/mol. The molecule has 2 heterocycles. The Bertz CT molecular complexity index is 364. The third-order valence-corrected chi connectivity index (χ3v) is 3.55. The van der Waals surface area contributed by atoms with Gasteiger partial charge in [-0.15, -0.1) is 0 Å². The van der Waals surface area contributed by atoms with Gasteiger partial charge in [0, 0.05) is 24.6 Å². The van der Waals surface area contributed by atoms with Gasteiger partial charge < -0.3 is 9.64 Å². The Morgan fingerprint density at radius 3 is 3.12 bits per heavy atom. The van der Waals surface area contributed by atoms with Crippen LogP contribution >= 0.6 is 27.5 Å². The Balaban J connectivity index is 2.17. The number of pyridine rings is 1. The van der Waals surface area contributed by atoms with E-state index in [1.165, 1.54) is 0 Å². The number of morpholine rings is 1. The van der Waals surface area contributed by atoms with Gasteiger partial charge in [-0.3, -0.25) is 0 Å². The summed E-state index contributed by atoms with van der Waals surface area (Å²) in [6.07, 6.45) is 2.17. The molecule has 1 fully saturated rings. The number of aromatic nitrogens is 1. The number of alkyl halides is 1. The first-order valence-electron chi connectivity index (χ1n) is 5.27. The molecule has 3 nitrogen and oxygen atoms in total. The normalized spacial score (nSPS) is 25.8. The molecule has 0 spiro atoms. The Kier molecular flexibility index (Phi) is 4.05. The maximum absolute atomic E-state index is 6.14. The highest BCUT2D eigenvalue weighted by Gasteiger charge is 2.26. The van der Waals surface area contributed by atoms with Crippen molar-refractivity contribution in [3.63, 3.8) is 0 Å². The number of ether oxygens (including phenoxy) is 1. The van der Waals surface area contributed by atoms with Crippen LogP contribution in [0.2, 0.25) is 5.02 Å². The van der Waals surface area contributed by atoms with Crippen LogP contribution in [0.4, 0.5) is 5.82 Å². The second-order valence-corrected chi connectivity index (χ2v) is 4.99. The van der Waals surface area contributed by atoms with Crippen molar-refractivity contribution in [2.45, 2.75) is 19.1 Å². The Hall–Kier alpha value is -0.320. The lowest BCUT2D eigenvalue weighted by Crippen LogP contribution is -2.47. The van der Waals surface area contributed by atoms with E-state index in [1.807, 2.05) is 12.1 Å². The molecule has 1 saturated heterocycles. The van der Waals surface area contributed by atoms with Crippen LogP contribution in [0, 0.1) is 0 Å². The lowest BCUT2D eigenvalue weighted by atomic mass is 10.2. The molecule has 2 unspecified atom stereocenters. The molecule has 0 aromatic carbocycles. The number of hydrogen-bond acceptors (Lipinski definition) is 3. The van der Waals surface area contributed by atoms with E-state index in [2.05, 4.69) is 32.7 Å². The summed E-state index contributed by atoms with van der Waals surface area (Å²) < 4.78 is 5.77. The quantitative estimate of drug-likeness (QED) is 0.786. The molecule has 1 aromatic heterocycles. The zero-order valence-electron chi connectivity index (χ0n) is 9.07. The zero-order valence-corrected chi connectivity index (χ0v) is 11.4. The summed E-state index contributed by atoms with van der Waals surface area (Å²) >= 11 is 9.59. The molecule has 0 amide bonds. The molecule has 0 N–H and O–H groups in total. The van der Waals surface area contributed by atoms with E-state index >= 15 is 0 Å². The molecule has 0 bridgehead atoms. The molecule has 5 heteroatoms. The van der Waals surface area contributed by atoms with Crippen LogP contribution in [-0.2, 0) is 4.74 Å². The van der Waals surface area contributed by atoms with Gasteiger partial charge in [-0.1, -0.05) is 27.5 Å². The number of hydrogen-bond donors (Lipinski definition) is 0. The molecule has 0 radical (unpaired) electrons. The summed E-state index contributed by atoms with van der Waals surface area (Å²) in [7, 11) is 0. The van der Waals surface area contributed by atoms with Gasteiger partial charge in [-0.05, 0) is 19.1 Å². The van der Waals surface area contributed by atoms with Gasteiger partial charge in [-0.25, -0.2) is 4.98 Å². The van der Waals surface area contributed by atoms with Gasteiger partial charge in [-0.2, -0.15) is 0 Å². The predicted molar refractivity (Wildman–Crippen MR) is 69.6 cm³/mol. The van der Waals surface area contributed by atoms with Gasteiger partial charge in [0.1, 0.15) is 5.82 Å². The van der Waals surface area contributed by atoms with Crippen molar-refractivity contribution in [2.24, 2.45) is 0 Å². The van der Waals surface area contributed by atoms with Gasteiger partial charge >= 0.3 is 0 Å². The topological polar surface area (TPSA) is 25.4 Å². The zero-order chi connectivity index (χ0) is 11.5. The third-order valence-electron chi connectivity index (χ3n) is 2.54. The number of rotatable bonds is 2. The van der Waals surface area contributed by atoms with Gasteiger partial charge in [0.15, 0.2) is 0 Å². The number of anilines is 1. The fourth-order valence-corrected chi connectivity index (χ4v) is 2.51. The van der Waals surface area contributed by atoms with E-state index in [0.29, 0.717) is 5.02 Å². The van der Waals surface area contributed by atoms with Crippen LogP contribution < -0.4 is 4.90 Å². The molecule has 2 atom stereocenters. The summed E-state index contributed by atoms with van der Waals surface area (Å²) in [5, 5.41) is 1.53. The smallest absolute Gasteiger partial charge is 0.147 e. The average Bonchev–Trinajstić information content (AvgIpc) is 2.28. The molecule has 88 valence electrons. The van der Waals surface area contributed by atoms with Gasteiger partial charge in [0.05, 0.1) is 17.2 Å². The van der Waals surface area contributed by atoms with Crippen LogP contribution in [0.1, 0.15) is 6.92 Å². The van der Waals surface area contributed by atoms with Crippen LogP contribution in [0.15, 0.2) is 18.3 Å². The summed E-state index contributed by atoms with van der Waals surface area (Å²) in [6, 6.07) is 3.71. The molecule has 2 rings (SSSR count). The molecule has 1 aliphatic rings. The summed E-state index contributed by atoms with van der Waals surface area (Å²) in [4.78, 5) is 6.51. The maximum atomic E-state index is 6.14. The highest BCUT2D eigenvalue weighted by atomic mass is 79.9. The van der Waals surface area contributed by atoms with E-state index < -0.39 is 0 Å². The van der Waals surface area contributed by atoms with Crippen molar-refractivity contribution in [1.29, 1.82) is 0 Å². The van der Waals surface area contributed by atoms with Crippen molar-refractivity contribution >= 4 is 33.3 Å². The molecule has 1 aromatic rings. The van der Waals surface area contributed by atoms with Crippen molar-refractivity contribution in [1.82, 2.24) is 4.98 Å². The first-order valence-corrected chi connectivity index (χ1v) is 6.77. The Labute approximate surface area is 109 Å². The first kappa shape index (κ1) is 12.1. The lowest BCUT2D eigenvalue weighted by Gasteiger charge is -2.37. The molecule has 16 heavy (non-hydrogen) atoms. The van der Waals surface area contributed by atoms with Crippen molar-refractivity contribution in [2.75, 3.05) is 23.3 Å². The molecular weight excluding hydrogens is 291 g/mol. The number of halogens is 2. The van der Waals surface area contributed by atoms with E-state index in [1.54, 1.807) is 6.20 Å². The SMILES string of the molecule is CC1CN(c2ncccc2Cl)CC(CBr)O1. The second kappa shape index (κ2) is 5.34. The highest BCUT2D eigenvalue weighted by molar-refractivity contribution is 9.09. The summed E-state index contributed by atoms with van der Waals surface area (Å²) in [5.41, 5.74) is 0. The molecule has 1 aliphatic heterocycles. The van der Waals surface area contributed by atoms with Crippen LogP contribution in [0.25, 0.3) is 0 Å². The minimum atomic E-state index is 0.196. The third kappa shape index (κ3) is 2.67. The predicted octanol–water partition coefficient (Wildman–Crippen LogP) is 2.72. The Morgan fingerprint density at radius 1 is 1.62 bits per heavy atom. The minimum Gasteiger partial charge on any atom is -0.371 e. The van der Waals surface area contributed by atoms with E-state index in [9.17, 15) is 0 Å². The van der Waals surface area contributed by atoms with Crippen LogP contribution in [0.3, 0.4) is 0 Å². The van der Waals surface area contributed by atoms with Crippen LogP contribution in [0.5, 0.6) is 0 Å². The van der Waals surface area contributed by atoms with E-state index in [4.69, 9.17) is 16.3 Å².